The second-order valence-corrected chi connectivity index (χ2v) is 10.3. The Morgan fingerprint density at radius 1 is 0.805 bits per heavy atom. The molecule has 5 aromatic rings. The van der Waals surface area contributed by atoms with Crippen molar-refractivity contribution in [2.75, 3.05) is 0 Å². The van der Waals surface area contributed by atoms with E-state index in [1.165, 1.54) is 24.3 Å². The summed E-state index contributed by atoms with van der Waals surface area (Å²) in [5, 5.41) is 13.6. The maximum atomic E-state index is 13.6. The second-order valence-electron chi connectivity index (χ2n) is 9.44. The summed E-state index contributed by atoms with van der Waals surface area (Å²) in [6.07, 6.45) is -2.64. The normalized spacial score (nSPS) is 11.5. The highest BCUT2D eigenvalue weighted by Crippen LogP contribution is 2.33. The molecule has 0 saturated carbocycles. The number of fused-ring (bicyclic) bond motifs is 1. The van der Waals surface area contributed by atoms with Crippen LogP contribution in [0.25, 0.3) is 22.0 Å². The first-order valence-electron chi connectivity index (χ1n) is 12.3. The van der Waals surface area contributed by atoms with Crippen molar-refractivity contribution < 1.29 is 27.9 Å². The van der Waals surface area contributed by atoms with Gasteiger partial charge >= 0.3 is 12.1 Å². The highest BCUT2D eigenvalue weighted by atomic mass is 35.5. The Kier molecular flexibility index (Phi) is 7.80. The largest absolute Gasteiger partial charge is 0.478 e. The number of aromatic carboxylic acids is 1. The maximum absolute atomic E-state index is 13.6. The molecule has 0 fully saturated rings. The summed E-state index contributed by atoms with van der Waals surface area (Å²) in [5.41, 5.74) is 2.91. The first-order chi connectivity index (χ1) is 19.5. The summed E-state index contributed by atoms with van der Waals surface area (Å²) in [4.78, 5) is 24.7. The van der Waals surface area contributed by atoms with Gasteiger partial charge in [0.2, 0.25) is 0 Å². The molecule has 2 N–H and O–H groups in total. The summed E-state index contributed by atoms with van der Waals surface area (Å²) in [6.45, 7) is 0.496. The zero-order chi connectivity index (χ0) is 29.3. The van der Waals surface area contributed by atoms with E-state index in [-0.39, 0.29) is 12.1 Å². The standard InChI is InChI=1S/C31H21Cl2F3N2O3/c32-25-11-19(12-26(33)15-25)17-38-10-9-22-13-23(20-5-7-24(8-6-20)31(34,35)36)14-27(28(22)38)29(39)37-16-18-1-3-21(4-2-18)30(40)41/h1-15H,16-17H2,(H,37,39)(H,40,41). The third-order valence-electron chi connectivity index (χ3n) is 6.58. The lowest BCUT2D eigenvalue weighted by Gasteiger charge is -2.14. The van der Waals surface area contributed by atoms with Crippen LogP contribution in [-0.2, 0) is 19.3 Å². The number of nitrogens with zero attached hydrogens (tertiary/aromatic N) is 1. The van der Waals surface area contributed by atoms with E-state index in [1.54, 1.807) is 36.4 Å². The van der Waals surface area contributed by atoms with Crippen LogP contribution in [0.15, 0.2) is 91.1 Å². The van der Waals surface area contributed by atoms with Gasteiger partial charge in [0, 0.05) is 34.7 Å². The minimum Gasteiger partial charge on any atom is -0.478 e. The smallest absolute Gasteiger partial charge is 0.416 e. The topological polar surface area (TPSA) is 71.3 Å². The van der Waals surface area contributed by atoms with Crippen molar-refractivity contribution in [2.24, 2.45) is 0 Å². The zero-order valence-electron chi connectivity index (χ0n) is 21.2. The van der Waals surface area contributed by atoms with E-state index in [2.05, 4.69) is 5.32 Å². The van der Waals surface area contributed by atoms with Crippen LogP contribution >= 0.6 is 23.2 Å². The molecule has 1 heterocycles. The molecule has 10 heteroatoms. The molecule has 4 aromatic carbocycles. The van der Waals surface area contributed by atoms with Crippen molar-refractivity contribution in [1.29, 1.82) is 0 Å². The van der Waals surface area contributed by atoms with E-state index < -0.39 is 23.6 Å². The average Bonchev–Trinajstić information content (AvgIpc) is 3.33. The van der Waals surface area contributed by atoms with Gasteiger partial charge in [-0.3, -0.25) is 4.79 Å². The average molecular weight is 597 g/mol. The molecule has 0 bridgehead atoms. The zero-order valence-corrected chi connectivity index (χ0v) is 22.7. The van der Waals surface area contributed by atoms with Gasteiger partial charge in [-0.05, 0) is 82.9 Å². The molecule has 0 radical (unpaired) electrons. The molecular formula is C31H21Cl2F3N2O3. The molecule has 0 aliphatic heterocycles. The molecule has 5 rings (SSSR count). The Balaban J connectivity index is 1.53. The summed E-state index contributed by atoms with van der Waals surface area (Å²) in [7, 11) is 0. The van der Waals surface area contributed by atoms with Gasteiger partial charge in [-0.25, -0.2) is 4.79 Å². The molecule has 41 heavy (non-hydrogen) atoms. The quantitative estimate of drug-likeness (QED) is 0.198. The maximum Gasteiger partial charge on any atom is 0.416 e. The highest BCUT2D eigenvalue weighted by Gasteiger charge is 2.30. The van der Waals surface area contributed by atoms with E-state index in [4.69, 9.17) is 28.3 Å². The molecule has 0 unspecified atom stereocenters. The summed E-state index contributed by atoms with van der Waals surface area (Å²) in [6, 6.07) is 21.4. The monoisotopic (exact) mass is 596 g/mol. The minimum atomic E-state index is -4.46. The number of hydrogen-bond acceptors (Lipinski definition) is 2. The minimum absolute atomic E-state index is 0.130. The number of benzene rings is 4. The van der Waals surface area contributed by atoms with Gasteiger partial charge in [-0.2, -0.15) is 13.2 Å². The SMILES string of the molecule is O=C(O)c1ccc(CNC(=O)c2cc(-c3ccc(C(F)(F)F)cc3)cc3ccn(Cc4cc(Cl)cc(Cl)c4)c23)cc1. The number of amides is 1. The van der Waals surface area contributed by atoms with Gasteiger partial charge in [-0.1, -0.05) is 47.5 Å². The molecule has 0 atom stereocenters. The molecule has 0 saturated heterocycles. The van der Waals surface area contributed by atoms with Crippen LogP contribution in [0.5, 0.6) is 0 Å². The number of aromatic nitrogens is 1. The lowest BCUT2D eigenvalue weighted by atomic mass is 9.98. The van der Waals surface area contributed by atoms with Crippen LogP contribution in [-0.4, -0.2) is 21.6 Å². The number of nitrogens with one attached hydrogen (secondary N) is 1. The van der Waals surface area contributed by atoms with Crippen molar-refractivity contribution >= 4 is 46.0 Å². The van der Waals surface area contributed by atoms with Crippen LogP contribution in [0, 0.1) is 0 Å². The number of carboxylic acids is 1. The Labute approximate surface area is 242 Å². The molecule has 1 aromatic heterocycles. The number of carbonyl (C=O) groups is 2. The predicted octanol–water partition coefficient (Wildman–Crippen LogP) is 8.31. The number of carbonyl (C=O) groups excluding carboxylic acids is 1. The Hall–Kier alpha value is -4.27. The predicted molar refractivity (Wildman–Crippen MR) is 153 cm³/mol. The van der Waals surface area contributed by atoms with E-state index in [1.807, 2.05) is 22.9 Å². The summed E-state index contributed by atoms with van der Waals surface area (Å²) >= 11 is 12.4. The van der Waals surface area contributed by atoms with Gasteiger partial charge in [0.25, 0.3) is 5.91 Å². The Morgan fingerprint density at radius 2 is 1.46 bits per heavy atom. The lowest BCUT2D eigenvalue weighted by Crippen LogP contribution is -2.23. The fourth-order valence-electron chi connectivity index (χ4n) is 4.61. The van der Waals surface area contributed by atoms with Crippen molar-refractivity contribution in [3.8, 4) is 11.1 Å². The van der Waals surface area contributed by atoms with Crippen LogP contribution in [0.1, 0.15) is 37.4 Å². The molecular weight excluding hydrogens is 576 g/mol. The summed E-state index contributed by atoms with van der Waals surface area (Å²) < 4.78 is 41.2. The molecule has 0 aliphatic rings. The van der Waals surface area contributed by atoms with Crippen molar-refractivity contribution in [3.63, 3.8) is 0 Å². The third kappa shape index (κ3) is 6.39. The fraction of sp³-hybridized carbons (Fsp3) is 0.0968. The highest BCUT2D eigenvalue weighted by molar-refractivity contribution is 6.34. The molecule has 1 amide bonds. The van der Waals surface area contributed by atoms with E-state index >= 15 is 0 Å². The third-order valence-corrected chi connectivity index (χ3v) is 7.02. The van der Waals surface area contributed by atoms with Crippen molar-refractivity contribution in [2.45, 2.75) is 19.3 Å². The van der Waals surface area contributed by atoms with Gasteiger partial charge in [0.15, 0.2) is 0 Å². The summed E-state index contributed by atoms with van der Waals surface area (Å²) in [5.74, 6) is -1.46. The van der Waals surface area contributed by atoms with Gasteiger partial charge in [0.05, 0.1) is 22.2 Å². The molecule has 5 nitrogen and oxygen atoms in total. The molecule has 0 spiro atoms. The second kappa shape index (κ2) is 11.3. The first-order valence-corrected chi connectivity index (χ1v) is 13.1. The van der Waals surface area contributed by atoms with E-state index in [0.717, 1.165) is 17.7 Å². The number of halogens is 5. The van der Waals surface area contributed by atoms with Gasteiger partial charge < -0.3 is 15.0 Å². The van der Waals surface area contributed by atoms with Crippen molar-refractivity contribution in [3.05, 3.63) is 129 Å². The van der Waals surface area contributed by atoms with E-state index in [0.29, 0.717) is 49.7 Å². The van der Waals surface area contributed by atoms with E-state index in [9.17, 15) is 22.8 Å². The fourth-order valence-corrected chi connectivity index (χ4v) is 5.19. The van der Waals surface area contributed by atoms with Crippen LogP contribution in [0.4, 0.5) is 13.2 Å². The lowest BCUT2D eigenvalue weighted by molar-refractivity contribution is -0.137. The van der Waals surface area contributed by atoms with Crippen LogP contribution < -0.4 is 5.32 Å². The Morgan fingerprint density at radius 3 is 2.07 bits per heavy atom. The van der Waals surface area contributed by atoms with Gasteiger partial charge in [0.1, 0.15) is 0 Å². The number of hydrogen-bond donors (Lipinski definition) is 2. The number of alkyl halides is 3. The van der Waals surface area contributed by atoms with Gasteiger partial charge in [-0.15, -0.1) is 0 Å². The molecule has 0 aliphatic carbocycles. The van der Waals surface area contributed by atoms with Crippen LogP contribution in [0.3, 0.4) is 0 Å². The molecule has 208 valence electrons. The Bertz CT molecular complexity index is 1740. The number of carboxylic acid groups (broad SMARTS) is 1. The first kappa shape index (κ1) is 28.3. The van der Waals surface area contributed by atoms with Crippen molar-refractivity contribution in [1.82, 2.24) is 9.88 Å². The van der Waals surface area contributed by atoms with Crippen LogP contribution in [0.2, 0.25) is 10.0 Å². The number of rotatable bonds is 7.